The minimum Gasteiger partial charge on any atom is -0.761 e. The minimum atomic E-state index is -0.380. The summed E-state index contributed by atoms with van der Waals surface area (Å²) in [6.07, 6.45) is 1.62. The Labute approximate surface area is 210 Å². The summed E-state index contributed by atoms with van der Waals surface area (Å²) in [5, 5.41) is 10.7. The average Bonchev–Trinajstić information content (AvgIpc) is 3.50. The zero-order valence-corrected chi connectivity index (χ0v) is 20.4. The highest BCUT2D eigenvalue weighted by Gasteiger charge is 2.38. The SMILES string of the molecule is Cc1c(N2C(=O)/C(=C\c3ccc(-c4ccc(N[O-])cc4)o3)SC2=S)c(=O)n(-c2ccccc2)n1C. The second-order valence-corrected chi connectivity index (χ2v) is 9.48. The maximum absolute atomic E-state index is 13.4. The second kappa shape index (κ2) is 9.06. The number of benzene rings is 2. The van der Waals surface area contributed by atoms with Crippen molar-refractivity contribution < 1.29 is 9.21 Å². The fourth-order valence-corrected chi connectivity index (χ4v) is 5.14. The van der Waals surface area contributed by atoms with Crippen molar-refractivity contribution >= 4 is 51.7 Å². The highest BCUT2D eigenvalue weighted by molar-refractivity contribution is 8.27. The molecule has 0 radical (unpaired) electrons. The van der Waals surface area contributed by atoms with Gasteiger partial charge in [-0.1, -0.05) is 42.2 Å². The Morgan fingerprint density at radius 3 is 2.43 bits per heavy atom. The maximum atomic E-state index is 13.4. The molecular formula is C25H19N4O4S2-. The van der Waals surface area contributed by atoms with Gasteiger partial charge >= 0.3 is 0 Å². The molecule has 0 spiro atoms. The number of thiocarbonyl (C=S) groups is 1. The van der Waals surface area contributed by atoms with Gasteiger partial charge in [0.15, 0.2) is 4.32 Å². The molecule has 10 heteroatoms. The Bertz CT molecular complexity index is 1530. The molecule has 1 aliphatic rings. The van der Waals surface area contributed by atoms with Crippen LogP contribution in [0.25, 0.3) is 23.1 Å². The Hall–Kier alpha value is -3.86. The zero-order chi connectivity index (χ0) is 24.7. The van der Waals surface area contributed by atoms with Gasteiger partial charge in [-0.2, -0.15) is 0 Å². The van der Waals surface area contributed by atoms with Gasteiger partial charge in [-0.3, -0.25) is 19.2 Å². The van der Waals surface area contributed by atoms with E-state index in [2.05, 4.69) is 0 Å². The van der Waals surface area contributed by atoms with Crippen LogP contribution in [0.2, 0.25) is 0 Å². The summed E-state index contributed by atoms with van der Waals surface area (Å²) < 4.78 is 9.39. The molecule has 1 amide bonds. The number of nitrogens with one attached hydrogen (secondary N) is 1. The van der Waals surface area contributed by atoms with Crippen LogP contribution in [0.4, 0.5) is 11.4 Å². The third-order valence-electron chi connectivity index (χ3n) is 5.73. The van der Waals surface area contributed by atoms with Crippen molar-refractivity contribution in [2.45, 2.75) is 6.92 Å². The number of aromatic nitrogens is 2. The van der Waals surface area contributed by atoms with Crippen molar-refractivity contribution in [3.63, 3.8) is 0 Å². The lowest BCUT2D eigenvalue weighted by Gasteiger charge is -2.12. The van der Waals surface area contributed by atoms with E-state index in [1.165, 1.54) is 9.58 Å². The van der Waals surface area contributed by atoms with Gasteiger partial charge in [0.1, 0.15) is 17.2 Å². The summed E-state index contributed by atoms with van der Waals surface area (Å²) in [6, 6.07) is 19.6. The largest absolute Gasteiger partial charge is 0.761 e. The van der Waals surface area contributed by atoms with Crippen LogP contribution in [0, 0.1) is 12.1 Å². The van der Waals surface area contributed by atoms with E-state index in [1.54, 1.807) is 61.1 Å². The molecule has 176 valence electrons. The fourth-order valence-electron chi connectivity index (χ4n) is 3.89. The van der Waals surface area contributed by atoms with Crippen LogP contribution in [0.5, 0.6) is 0 Å². The summed E-state index contributed by atoms with van der Waals surface area (Å²) in [7, 11) is 1.77. The molecule has 5 rings (SSSR count). The highest BCUT2D eigenvalue weighted by atomic mass is 32.2. The summed E-state index contributed by atoms with van der Waals surface area (Å²) in [5.41, 5.74) is 4.29. The summed E-state index contributed by atoms with van der Waals surface area (Å²) in [4.78, 5) is 28.4. The quantitative estimate of drug-likeness (QED) is 0.231. The number of carbonyl (C=O) groups excluding carboxylic acids is 1. The van der Waals surface area contributed by atoms with Crippen molar-refractivity contribution in [2.75, 3.05) is 10.4 Å². The average molecular weight is 504 g/mol. The van der Waals surface area contributed by atoms with Crippen LogP contribution < -0.4 is 15.9 Å². The summed E-state index contributed by atoms with van der Waals surface area (Å²) in [6.45, 7) is 1.78. The lowest BCUT2D eigenvalue weighted by Crippen LogP contribution is -2.33. The van der Waals surface area contributed by atoms with Crippen molar-refractivity contribution in [1.29, 1.82) is 0 Å². The normalized spacial score (nSPS) is 14.8. The number of para-hydroxylation sites is 1. The Morgan fingerprint density at radius 2 is 1.74 bits per heavy atom. The Balaban J connectivity index is 1.47. The van der Waals surface area contributed by atoms with Crippen molar-refractivity contribution in [1.82, 2.24) is 9.36 Å². The monoisotopic (exact) mass is 503 g/mol. The minimum absolute atomic E-state index is 0.231. The smallest absolute Gasteiger partial charge is 0.296 e. The first-order valence-corrected chi connectivity index (χ1v) is 11.8. The van der Waals surface area contributed by atoms with E-state index in [-0.39, 0.29) is 21.5 Å². The molecule has 0 aliphatic carbocycles. The second-order valence-electron chi connectivity index (χ2n) is 7.81. The first kappa shape index (κ1) is 22.9. The van der Waals surface area contributed by atoms with Gasteiger partial charge in [0.25, 0.3) is 11.5 Å². The number of hydrogen-bond acceptors (Lipinski definition) is 7. The van der Waals surface area contributed by atoms with Crippen molar-refractivity contribution in [3.8, 4) is 17.0 Å². The fraction of sp³-hybridized carbons (Fsp3) is 0.0800. The standard InChI is InChI=1S/C25H19N4O4S2/c1-15-22(24(31)29(27(15)2)18-6-4-3-5-7-18)28-23(30)21(35-25(28)34)14-19-12-13-20(33-19)16-8-10-17(26-32)11-9-16/h3-14,26H,1-2H3/q-1/b21-14+. The third-order valence-corrected chi connectivity index (χ3v) is 7.03. The van der Waals surface area contributed by atoms with Gasteiger partial charge in [0.2, 0.25) is 0 Å². The van der Waals surface area contributed by atoms with Gasteiger partial charge < -0.3 is 15.1 Å². The van der Waals surface area contributed by atoms with E-state index < -0.39 is 0 Å². The number of rotatable bonds is 5. The third kappa shape index (κ3) is 4.01. The van der Waals surface area contributed by atoms with Crippen LogP contribution in [0.15, 0.2) is 80.8 Å². The Morgan fingerprint density at radius 1 is 1.03 bits per heavy atom. The van der Waals surface area contributed by atoms with Crippen molar-refractivity contribution in [2.24, 2.45) is 7.05 Å². The molecule has 2 aromatic heterocycles. The van der Waals surface area contributed by atoms with Crippen LogP contribution >= 0.6 is 24.0 Å². The van der Waals surface area contributed by atoms with Crippen LogP contribution in [0.1, 0.15) is 11.5 Å². The number of hydrogen-bond donors (Lipinski definition) is 1. The van der Waals surface area contributed by atoms with Gasteiger partial charge in [-0.15, -0.1) is 0 Å². The predicted molar refractivity (Wildman–Crippen MR) is 143 cm³/mol. The number of amides is 1. The van der Waals surface area contributed by atoms with Gasteiger partial charge in [0.05, 0.1) is 16.3 Å². The van der Waals surface area contributed by atoms with Crippen LogP contribution in [-0.2, 0) is 11.8 Å². The van der Waals surface area contributed by atoms with E-state index >= 15 is 0 Å². The maximum Gasteiger partial charge on any atom is 0.296 e. The Kier molecular flexibility index (Phi) is 5.93. The molecule has 1 saturated heterocycles. The van der Waals surface area contributed by atoms with Gasteiger partial charge in [-0.05, 0) is 55.5 Å². The molecule has 0 bridgehead atoms. The van der Waals surface area contributed by atoms with E-state index in [0.717, 1.165) is 17.3 Å². The molecule has 0 saturated carbocycles. The zero-order valence-electron chi connectivity index (χ0n) is 18.7. The van der Waals surface area contributed by atoms with Crippen LogP contribution in [0.3, 0.4) is 0 Å². The highest BCUT2D eigenvalue weighted by Crippen LogP contribution is 2.37. The summed E-state index contributed by atoms with van der Waals surface area (Å²) >= 11 is 6.61. The molecule has 1 N–H and O–H groups in total. The van der Waals surface area contributed by atoms with E-state index in [1.807, 2.05) is 35.8 Å². The predicted octanol–water partition coefficient (Wildman–Crippen LogP) is 5.06. The number of furan rings is 1. The lowest BCUT2D eigenvalue weighted by atomic mass is 10.1. The molecular weight excluding hydrogens is 484 g/mol. The molecule has 8 nitrogen and oxygen atoms in total. The molecule has 1 aliphatic heterocycles. The molecule has 0 atom stereocenters. The van der Waals surface area contributed by atoms with Gasteiger partial charge in [-0.25, -0.2) is 4.68 Å². The molecule has 4 aromatic rings. The van der Waals surface area contributed by atoms with E-state index in [4.69, 9.17) is 16.6 Å². The number of anilines is 2. The molecule has 3 heterocycles. The molecule has 0 unspecified atom stereocenters. The van der Waals surface area contributed by atoms with Crippen LogP contribution in [-0.4, -0.2) is 19.6 Å². The molecule has 35 heavy (non-hydrogen) atoms. The molecule has 2 aromatic carbocycles. The van der Waals surface area contributed by atoms with E-state index in [0.29, 0.717) is 33.5 Å². The summed E-state index contributed by atoms with van der Waals surface area (Å²) in [5.74, 6) is 0.682. The number of nitrogens with zero attached hydrogens (tertiary/aromatic N) is 3. The van der Waals surface area contributed by atoms with Gasteiger partial charge in [0, 0.05) is 24.4 Å². The number of thioether (sulfide) groups is 1. The number of carbonyl (C=O) groups is 1. The topological polar surface area (TPSA) is 95.5 Å². The first-order valence-electron chi connectivity index (χ1n) is 10.6. The lowest BCUT2D eigenvalue weighted by molar-refractivity contribution is -0.113. The first-order chi connectivity index (χ1) is 16.9. The van der Waals surface area contributed by atoms with E-state index in [9.17, 15) is 14.8 Å². The molecule has 1 fully saturated rings. The van der Waals surface area contributed by atoms with Crippen molar-refractivity contribution in [3.05, 3.63) is 98.7 Å².